The van der Waals surface area contributed by atoms with Crippen molar-refractivity contribution >= 4 is 62.0 Å². The van der Waals surface area contributed by atoms with Crippen molar-refractivity contribution in [2.45, 2.75) is 103 Å². The van der Waals surface area contributed by atoms with Gasteiger partial charge in [0.2, 0.25) is 0 Å². The fraction of sp³-hybridized carbons (Fsp3) is 0.812. The molecule has 0 fully saturated rings. The lowest BCUT2D eigenvalue weighted by Gasteiger charge is -2.34. The summed E-state index contributed by atoms with van der Waals surface area (Å²) >= 11 is 0. The third-order valence-corrected chi connectivity index (χ3v) is 16.9. The molecule has 0 saturated carbocycles. The van der Waals surface area contributed by atoms with Gasteiger partial charge in [0.05, 0.1) is 23.0 Å². The molecule has 0 radical (unpaired) electrons. The monoisotopic (exact) mass is 841 g/mol. The first-order chi connectivity index (χ1) is 23.8. The fourth-order valence-corrected chi connectivity index (χ4v) is 13.4. The summed E-state index contributed by atoms with van der Waals surface area (Å²) in [6, 6.07) is 10.2. The van der Waals surface area contributed by atoms with Crippen LogP contribution in [0.25, 0.3) is 0 Å². The fourth-order valence-electron chi connectivity index (χ4n) is 5.73. The van der Waals surface area contributed by atoms with Crippen LogP contribution in [0.1, 0.15) is 103 Å². The highest BCUT2D eigenvalue weighted by Crippen LogP contribution is 2.45. The van der Waals surface area contributed by atoms with Crippen molar-refractivity contribution in [1.82, 2.24) is 0 Å². The maximum atomic E-state index is 11.1. The van der Waals surface area contributed by atoms with Crippen LogP contribution in [0.4, 0.5) is 5.69 Å². The maximum absolute atomic E-state index is 11.1. The van der Waals surface area contributed by atoms with Crippen molar-refractivity contribution in [1.29, 1.82) is 0 Å². The van der Waals surface area contributed by atoms with Crippen molar-refractivity contribution in [3.8, 4) is 0 Å². The molecule has 13 nitrogen and oxygen atoms in total. The number of para-hydroxylation sites is 1. The van der Waals surface area contributed by atoms with Crippen LogP contribution in [0.3, 0.4) is 0 Å². The molecule has 0 amide bonds. The molecule has 0 atom stereocenters. The van der Waals surface area contributed by atoms with Gasteiger partial charge in [0.15, 0.2) is 0 Å². The molecule has 1 aromatic carbocycles. The molecular formula is C32H61NO12P2S4. The van der Waals surface area contributed by atoms with E-state index in [1.807, 2.05) is 18.2 Å². The number of hydrogen-bond acceptors (Lipinski definition) is 9. The molecule has 4 N–H and O–H groups in total. The Kier molecular flexibility index (Phi) is 25.1. The highest BCUT2D eigenvalue weighted by atomic mass is 32.2. The second-order valence-corrected chi connectivity index (χ2v) is 24.5. The quantitative estimate of drug-likeness (QED) is 0.0314. The number of benzene rings is 1. The Morgan fingerprint density at radius 3 is 0.902 bits per heavy atom. The number of unbranched alkanes of at least 4 members (excludes halogenated alkanes) is 12. The molecule has 0 saturated heterocycles. The first-order valence-electron chi connectivity index (χ1n) is 17.9. The lowest BCUT2D eigenvalue weighted by atomic mass is 10.2. The standard InChI is InChI=1S/C32H61NO12P2S4/c34-48(35,36)26-16-5-1-12-22-46(23-13-2-6-17-27-49(37,38)39)30-33(32-20-10-9-11-21-32)31-47(24-14-3-7-18-28-50(40,41)42)25-15-4-8-19-29-51(43,44)45/h9-11,20-21H,1-8,12-19,22-31H2,(H,34,35,36)(H,37,38,39)(H,40,41,42)(H,43,44,45). The second-order valence-electron chi connectivity index (χ2n) is 13.2. The minimum Gasteiger partial charge on any atom is -0.363 e. The Balaban J connectivity index is 3.00. The number of nitrogens with zero attached hydrogens (tertiary/aromatic N) is 1. The van der Waals surface area contributed by atoms with Crippen LogP contribution in [0, 0.1) is 0 Å². The van der Waals surface area contributed by atoms with Gasteiger partial charge < -0.3 is 4.90 Å². The molecule has 300 valence electrons. The number of anilines is 1. The molecule has 0 bridgehead atoms. The van der Waals surface area contributed by atoms with Gasteiger partial charge in [0.1, 0.15) is 0 Å². The third-order valence-electron chi connectivity index (χ3n) is 8.37. The topological polar surface area (TPSA) is 221 Å². The first kappa shape index (κ1) is 48.5. The van der Waals surface area contributed by atoms with Gasteiger partial charge in [0.25, 0.3) is 40.5 Å². The van der Waals surface area contributed by atoms with Crippen LogP contribution in [0.2, 0.25) is 0 Å². The first-order valence-corrected chi connectivity index (χ1v) is 28.1. The maximum Gasteiger partial charge on any atom is 0.264 e. The zero-order valence-corrected chi connectivity index (χ0v) is 34.9. The van der Waals surface area contributed by atoms with Gasteiger partial charge >= 0.3 is 0 Å². The smallest absolute Gasteiger partial charge is 0.264 e. The van der Waals surface area contributed by atoms with Gasteiger partial charge in [0, 0.05) is 18.3 Å². The highest BCUT2D eigenvalue weighted by molar-refractivity contribution is 7.86. The summed E-state index contributed by atoms with van der Waals surface area (Å²) in [4.78, 5) is 2.48. The van der Waals surface area contributed by atoms with Crippen LogP contribution >= 0.6 is 15.8 Å². The summed E-state index contributed by atoms with van der Waals surface area (Å²) in [5, 5.41) is 0. The molecule has 19 heteroatoms. The molecule has 0 unspecified atom stereocenters. The molecule has 0 aromatic heterocycles. The van der Waals surface area contributed by atoms with Gasteiger partial charge in [-0.05, 0) is 88.1 Å². The average Bonchev–Trinajstić information content (AvgIpc) is 3.01. The summed E-state index contributed by atoms with van der Waals surface area (Å²) in [6.07, 6.45) is 17.4. The van der Waals surface area contributed by atoms with Crippen LogP contribution in [0.15, 0.2) is 30.3 Å². The summed E-state index contributed by atoms with van der Waals surface area (Å²) < 4.78 is 125. The lowest BCUT2D eigenvalue weighted by Crippen LogP contribution is -2.26. The predicted molar refractivity (Wildman–Crippen MR) is 211 cm³/mol. The zero-order chi connectivity index (χ0) is 38.2. The third kappa shape index (κ3) is 31.6. The van der Waals surface area contributed by atoms with Gasteiger partial charge in [-0.25, -0.2) is 0 Å². The van der Waals surface area contributed by atoms with Gasteiger partial charge in [-0.15, -0.1) is 0 Å². The normalized spacial score (nSPS) is 13.0. The van der Waals surface area contributed by atoms with Crippen molar-refractivity contribution in [3.63, 3.8) is 0 Å². The summed E-state index contributed by atoms with van der Waals surface area (Å²) in [7, 11) is -16.8. The van der Waals surface area contributed by atoms with Crippen molar-refractivity contribution in [2.24, 2.45) is 0 Å². The summed E-state index contributed by atoms with van der Waals surface area (Å²) in [5.74, 6) is -0.953. The zero-order valence-electron chi connectivity index (χ0n) is 29.8. The minimum atomic E-state index is -3.97. The van der Waals surface area contributed by atoms with Crippen LogP contribution in [0.5, 0.6) is 0 Å². The van der Waals surface area contributed by atoms with E-state index in [2.05, 4.69) is 17.0 Å². The molecule has 0 aliphatic carbocycles. The van der Waals surface area contributed by atoms with Crippen LogP contribution in [-0.2, 0) is 40.5 Å². The lowest BCUT2D eigenvalue weighted by molar-refractivity contribution is 0.477. The van der Waals surface area contributed by atoms with E-state index in [0.29, 0.717) is 51.4 Å². The molecule has 0 aliphatic heterocycles. The van der Waals surface area contributed by atoms with E-state index >= 15 is 0 Å². The van der Waals surface area contributed by atoms with Crippen molar-refractivity contribution in [3.05, 3.63) is 30.3 Å². The SMILES string of the molecule is O=S(=O)(O)CCCCCCP(CCCCCCS(=O)(=O)O)CN(CP(CCCCCCS(=O)(=O)O)CCCCCCS(=O)(=O)O)c1ccccc1. The Hall–Kier alpha value is -0.480. The van der Waals surface area contributed by atoms with Crippen molar-refractivity contribution < 1.29 is 51.9 Å². The highest BCUT2D eigenvalue weighted by Gasteiger charge is 2.19. The Labute approximate surface area is 310 Å². The van der Waals surface area contributed by atoms with Gasteiger partial charge in [-0.2, -0.15) is 33.7 Å². The van der Waals surface area contributed by atoms with E-state index in [1.54, 1.807) is 0 Å². The Morgan fingerprint density at radius 1 is 0.392 bits per heavy atom. The minimum absolute atomic E-state index is 0.238. The molecule has 1 aromatic rings. The van der Waals surface area contributed by atoms with Crippen LogP contribution in [-0.4, -0.2) is 112 Å². The molecule has 51 heavy (non-hydrogen) atoms. The Morgan fingerprint density at radius 2 is 0.647 bits per heavy atom. The van der Waals surface area contributed by atoms with E-state index in [0.717, 1.165) is 94.3 Å². The second kappa shape index (κ2) is 26.3. The van der Waals surface area contributed by atoms with Gasteiger partial charge in [-0.1, -0.05) is 85.4 Å². The molecule has 1 rings (SSSR count). The molecule has 0 spiro atoms. The van der Waals surface area contributed by atoms with E-state index in [4.69, 9.17) is 18.2 Å². The van der Waals surface area contributed by atoms with E-state index < -0.39 is 56.3 Å². The van der Waals surface area contributed by atoms with Crippen molar-refractivity contribution in [2.75, 3.05) is 65.1 Å². The average molecular weight is 842 g/mol. The number of hydrogen-bond donors (Lipinski definition) is 4. The predicted octanol–water partition coefficient (Wildman–Crippen LogP) is 7.16. The van der Waals surface area contributed by atoms with Gasteiger partial charge in [-0.3, -0.25) is 18.2 Å². The Bertz CT molecular complexity index is 1320. The van der Waals surface area contributed by atoms with E-state index in [-0.39, 0.29) is 23.0 Å². The molecule has 0 aliphatic rings. The van der Waals surface area contributed by atoms with Crippen LogP contribution < -0.4 is 4.90 Å². The molecular weight excluding hydrogens is 781 g/mol. The summed E-state index contributed by atoms with van der Waals surface area (Å²) in [6.45, 7) is 0. The van der Waals surface area contributed by atoms with E-state index in [9.17, 15) is 33.7 Å². The van der Waals surface area contributed by atoms with E-state index in [1.165, 1.54) is 0 Å². The largest absolute Gasteiger partial charge is 0.363 e. The molecule has 0 heterocycles. The number of rotatable bonds is 33. The summed E-state index contributed by atoms with van der Waals surface area (Å²) in [5.41, 5.74) is 1.13.